The Balaban J connectivity index is 1.28. The highest BCUT2D eigenvalue weighted by molar-refractivity contribution is 6.20. The van der Waals surface area contributed by atoms with E-state index in [1.165, 1.54) is 11.1 Å². The fourth-order valence-corrected chi connectivity index (χ4v) is 8.19. The minimum Gasteiger partial charge on any atom is -0.508 e. The van der Waals surface area contributed by atoms with Crippen molar-refractivity contribution in [2.45, 2.75) is 92.3 Å². The van der Waals surface area contributed by atoms with Gasteiger partial charge in [0, 0.05) is 43.8 Å². The van der Waals surface area contributed by atoms with Gasteiger partial charge >= 0.3 is 0 Å². The Morgan fingerprint density at radius 2 is 1.15 bits per heavy atom. The summed E-state index contributed by atoms with van der Waals surface area (Å²) in [6.07, 6.45) is 16.9. The summed E-state index contributed by atoms with van der Waals surface area (Å²) in [5, 5.41) is 26.7. The summed E-state index contributed by atoms with van der Waals surface area (Å²) in [7, 11) is 0. The molecule has 2 aromatic heterocycles. The van der Waals surface area contributed by atoms with Gasteiger partial charge < -0.3 is 29.7 Å². The molecule has 0 saturated carbocycles. The Hall–Kier alpha value is -5.36. The van der Waals surface area contributed by atoms with Gasteiger partial charge in [0.15, 0.2) is 0 Å². The van der Waals surface area contributed by atoms with Crippen LogP contribution in [0.5, 0.6) is 23.0 Å². The number of phenolic OH excluding ortho intramolecular Hbond substituents is 2. The maximum absolute atomic E-state index is 11.6. The van der Waals surface area contributed by atoms with Gasteiger partial charge in [-0.05, 0) is 153 Å². The van der Waals surface area contributed by atoms with Crippen molar-refractivity contribution in [3.63, 3.8) is 0 Å². The number of nitrogens with one attached hydrogen (secondary N) is 2. The molecule has 2 atom stereocenters. The number of rotatable bonds is 7. The van der Waals surface area contributed by atoms with Gasteiger partial charge in [-0.2, -0.15) is 0 Å². The van der Waals surface area contributed by atoms with Crippen LogP contribution in [0.2, 0.25) is 0 Å². The van der Waals surface area contributed by atoms with Crippen LogP contribution >= 0.6 is 0 Å². The molecular formula is C46H48N2O4. The van der Waals surface area contributed by atoms with Crippen LogP contribution in [0.4, 0.5) is 0 Å². The van der Waals surface area contributed by atoms with Crippen molar-refractivity contribution in [2.24, 2.45) is 0 Å². The van der Waals surface area contributed by atoms with Crippen LogP contribution in [-0.2, 0) is 0 Å². The van der Waals surface area contributed by atoms with E-state index < -0.39 is 11.2 Å². The number of hydrogen-bond donors (Lipinski definition) is 4. The quantitative estimate of drug-likeness (QED) is 0.125. The topological polar surface area (TPSA) is 90.5 Å². The molecule has 4 heterocycles. The number of aromatic amines is 2. The van der Waals surface area contributed by atoms with Crippen molar-refractivity contribution in [2.75, 3.05) is 0 Å². The molecule has 6 aromatic rings. The number of H-pyrrole nitrogens is 2. The minimum atomic E-state index is -0.411. The molecule has 2 unspecified atom stereocenters. The molecule has 0 amide bonds. The van der Waals surface area contributed by atoms with Gasteiger partial charge in [-0.15, -0.1) is 0 Å². The maximum atomic E-state index is 11.6. The van der Waals surface area contributed by atoms with Gasteiger partial charge in [-0.3, -0.25) is 0 Å². The van der Waals surface area contributed by atoms with E-state index in [-0.39, 0.29) is 11.5 Å². The van der Waals surface area contributed by atoms with Crippen LogP contribution in [0.3, 0.4) is 0 Å². The lowest BCUT2D eigenvalue weighted by Gasteiger charge is -2.32. The average molecular weight is 693 g/mol. The average Bonchev–Trinajstić information content (AvgIpc) is 3.62. The monoisotopic (exact) mass is 692 g/mol. The van der Waals surface area contributed by atoms with Gasteiger partial charge in [0.25, 0.3) is 0 Å². The highest BCUT2D eigenvalue weighted by Gasteiger charge is 2.32. The van der Waals surface area contributed by atoms with Crippen molar-refractivity contribution in [1.82, 2.24) is 9.97 Å². The van der Waals surface area contributed by atoms with E-state index >= 15 is 0 Å². The smallest absolute Gasteiger partial charge is 0.132 e. The molecule has 4 aromatic carbocycles. The molecule has 0 aliphatic carbocycles. The third-order valence-electron chi connectivity index (χ3n) is 10.9. The lowest BCUT2D eigenvalue weighted by molar-refractivity contribution is 0.127. The maximum Gasteiger partial charge on any atom is 0.132 e. The van der Waals surface area contributed by atoms with Crippen LogP contribution in [-0.4, -0.2) is 31.4 Å². The number of fused-ring (bicyclic) bond motifs is 10. The van der Waals surface area contributed by atoms with E-state index in [0.29, 0.717) is 11.1 Å². The van der Waals surface area contributed by atoms with Crippen molar-refractivity contribution in [3.05, 3.63) is 94.1 Å². The number of benzene rings is 4. The van der Waals surface area contributed by atoms with E-state index in [9.17, 15) is 10.2 Å². The summed E-state index contributed by atoms with van der Waals surface area (Å²) in [6, 6.07) is 11.6. The lowest BCUT2D eigenvalue weighted by Crippen LogP contribution is -2.32. The molecule has 0 saturated heterocycles. The summed E-state index contributed by atoms with van der Waals surface area (Å²) in [5.41, 5.74) is 10.8. The minimum absolute atomic E-state index is 0.127. The Morgan fingerprint density at radius 3 is 1.69 bits per heavy atom. The first-order valence-corrected chi connectivity index (χ1v) is 18.4. The van der Waals surface area contributed by atoms with Gasteiger partial charge in [0.2, 0.25) is 0 Å². The summed E-state index contributed by atoms with van der Waals surface area (Å²) in [5.74, 6) is 2.01. The van der Waals surface area contributed by atoms with Crippen LogP contribution < -0.4 is 9.47 Å². The molecule has 2 aliphatic rings. The zero-order valence-corrected chi connectivity index (χ0v) is 31.5. The number of hydrogen-bond acceptors (Lipinski definition) is 4. The van der Waals surface area contributed by atoms with Gasteiger partial charge in [-0.1, -0.05) is 23.3 Å². The Bertz CT molecular complexity index is 2580. The molecule has 52 heavy (non-hydrogen) atoms. The van der Waals surface area contributed by atoms with E-state index in [0.717, 1.165) is 103 Å². The lowest BCUT2D eigenvalue weighted by atomic mass is 9.92. The Labute approximate surface area is 305 Å². The zero-order chi connectivity index (χ0) is 36.7. The molecular weight excluding hydrogens is 645 g/mol. The molecule has 8 rings (SSSR count). The van der Waals surface area contributed by atoms with E-state index in [4.69, 9.17) is 9.47 Å². The highest BCUT2D eigenvalue weighted by Crippen LogP contribution is 2.49. The molecule has 0 fully saturated rings. The number of phenols is 2. The SMILES string of the molecule is CC(C)=CCCC1(C)C=Cc2c(c(C)cc3c2[nH]c2c(-c4c(O)ccc5c4[nH]c4c6c(c(C)cc45)OC(C)(CCC=C(C)C)C=C6)cc(O)cc23)O1. The molecule has 6 heteroatoms. The molecule has 0 bridgehead atoms. The molecule has 2 aliphatic heterocycles. The predicted molar refractivity (Wildman–Crippen MR) is 217 cm³/mol. The summed E-state index contributed by atoms with van der Waals surface area (Å²) in [4.78, 5) is 7.42. The summed E-state index contributed by atoms with van der Waals surface area (Å²) >= 11 is 0. The fourth-order valence-electron chi connectivity index (χ4n) is 8.19. The molecule has 0 spiro atoms. The number of aromatic nitrogens is 2. The van der Waals surface area contributed by atoms with Crippen molar-refractivity contribution in [1.29, 1.82) is 0 Å². The van der Waals surface area contributed by atoms with Crippen molar-refractivity contribution < 1.29 is 19.7 Å². The Morgan fingerprint density at radius 1 is 0.654 bits per heavy atom. The second kappa shape index (κ2) is 12.1. The number of allylic oxidation sites excluding steroid dienone is 4. The first kappa shape index (κ1) is 33.8. The predicted octanol–water partition coefficient (Wildman–Crippen LogP) is 12.5. The third kappa shape index (κ3) is 5.56. The standard InChI is InChI=1S/C46H48N2O4/c1-25(2)11-9-17-45(7)19-15-31-39-33(21-27(5)43(31)51-45)30-13-14-37(50)38(42(30)48-39)36-24-29(49)23-35-34-22-28(6)44-32(40(34)47-41(35)36)16-20-46(8,52-44)18-10-12-26(3)4/h11-16,19-24,47-50H,9-10,17-18H2,1-8H3. The summed E-state index contributed by atoms with van der Waals surface area (Å²) in [6.45, 7) is 17.0. The van der Waals surface area contributed by atoms with Crippen LogP contribution in [0, 0.1) is 13.8 Å². The van der Waals surface area contributed by atoms with E-state index in [1.54, 1.807) is 18.2 Å². The number of aromatic hydroxyl groups is 2. The van der Waals surface area contributed by atoms with Crippen LogP contribution in [0.1, 0.15) is 89.5 Å². The van der Waals surface area contributed by atoms with Gasteiger partial charge in [0.1, 0.15) is 34.2 Å². The van der Waals surface area contributed by atoms with Crippen molar-refractivity contribution >= 4 is 55.8 Å². The molecule has 6 nitrogen and oxygen atoms in total. The highest BCUT2D eigenvalue weighted by atomic mass is 16.5. The van der Waals surface area contributed by atoms with Gasteiger partial charge in [-0.25, -0.2) is 0 Å². The van der Waals surface area contributed by atoms with Gasteiger partial charge in [0.05, 0.1) is 22.1 Å². The largest absolute Gasteiger partial charge is 0.508 e. The zero-order valence-electron chi connectivity index (χ0n) is 31.5. The fraction of sp³-hybridized carbons (Fsp3) is 0.304. The van der Waals surface area contributed by atoms with Crippen molar-refractivity contribution in [3.8, 4) is 34.1 Å². The summed E-state index contributed by atoms with van der Waals surface area (Å²) < 4.78 is 13.5. The number of ether oxygens (including phenoxy) is 2. The number of aryl methyl sites for hydroxylation is 2. The Kier molecular flexibility index (Phi) is 7.87. The molecule has 0 radical (unpaired) electrons. The molecule has 266 valence electrons. The van der Waals surface area contributed by atoms with Crippen LogP contribution in [0.25, 0.3) is 66.9 Å². The molecule has 4 N–H and O–H groups in total. The second-order valence-electron chi connectivity index (χ2n) is 15.9. The van der Waals surface area contributed by atoms with E-state index in [1.807, 2.05) is 6.07 Å². The first-order chi connectivity index (χ1) is 24.7. The van der Waals surface area contributed by atoms with E-state index in [2.05, 4.69) is 114 Å². The third-order valence-corrected chi connectivity index (χ3v) is 10.9. The second-order valence-corrected chi connectivity index (χ2v) is 15.9. The van der Waals surface area contributed by atoms with Crippen LogP contribution in [0.15, 0.2) is 71.8 Å². The normalized spacial score (nSPS) is 19.2. The first-order valence-electron chi connectivity index (χ1n) is 18.4.